The molecule has 144 valence electrons. The van der Waals surface area contributed by atoms with Crippen LogP contribution in [0.15, 0.2) is 46.9 Å². The number of piperidine rings is 1. The molecule has 1 N–H and O–H groups in total. The SMILES string of the molecule is CCCN1CCC(c2cc(NC(=O)c3ccc(Br)cc3)ccc2OC)CC1. The van der Waals surface area contributed by atoms with Gasteiger partial charge in [-0.1, -0.05) is 22.9 Å². The predicted molar refractivity (Wildman–Crippen MR) is 114 cm³/mol. The summed E-state index contributed by atoms with van der Waals surface area (Å²) in [6, 6.07) is 13.3. The molecule has 0 spiro atoms. The molecule has 0 unspecified atom stereocenters. The maximum Gasteiger partial charge on any atom is 0.255 e. The highest BCUT2D eigenvalue weighted by Crippen LogP contribution is 2.36. The predicted octanol–water partition coefficient (Wildman–Crippen LogP) is 5.30. The van der Waals surface area contributed by atoms with Gasteiger partial charge < -0.3 is 15.0 Å². The second-order valence-electron chi connectivity index (χ2n) is 7.03. The Kier molecular flexibility index (Phi) is 6.91. The number of hydrogen-bond acceptors (Lipinski definition) is 3. The van der Waals surface area contributed by atoms with Gasteiger partial charge in [0.25, 0.3) is 5.91 Å². The highest BCUT2D eigenvalue weighted by molar-refractivity contribution is 9.10. The van der Waals surface area contributed by atoms with Crippen molar-refractivity contribution in [1.29, 1.82) is 0 Å². The summed E-state index contributed by atoms with van der Waals surface area (Å²) in [4.78, 5) is 15.0. The zero-order valence-corrected chi connectivity index (χ0v) is 17.6. The molecule has 5 heteroatoms. The van der Waals surface area contributed by atoms with Crippen molar-refractivity contribution in [3.8, 4) is 5.75 Å². The Morgan fingerprint density at radius 3 is 2.52 bits per heavy atom. The van der Waals surface area contributed by atoms with Gasteiger partial charge in [0, 0.05) is 15.7 Å². The molecule has 27 heavy (non-hydrogen) atoms. The number of carbonyl (C=O) groups is 1. The van der Waals surface area contributed by atoms with Crippen molar-refractivity contribution in [3.63, 3.8) is 0 Å². The minimum Gasteiger partial charge on any atom is -0.496 e. The van der Waals surface area contributed by atoms with Crippen molar-refractivity contribution in [2.45, 2.75) is 32.1 Å². The van der Waals surface area contributed by atoms with Crippen LogP contribution in [0.1, 0.15) is 48.0 Å². The molecule has 0 atom stereocenters. The van der Waals surface area contributed by atoms with Gasteiger partial charge in [-0.05, 0) is 92.8 Å². The Morgan fingerprint density at radius 2 is 1.89 bits per heavy atom. The van der Waals surface area contributed by atoms with Gasteiger partial charge in [0.05, 0.1) is 7.11 Å². The van der Waals surface area contributed by atoms with Crippen molar-refractivity contribution < 1.29 is 9.53 Å². The number of carbonyl (C=O) groups excluding carboxylic acids is 1. The van der Waals surface area contributed by atoms with E-state index in [4.69, 9.17) is 4.74 Å². The smallest absolute Gasteiger partial charge is 0.255 e. The van der Waals surface area contributed by atoms with Gasteiger partial charge in [0.2, 0.25) is 0 Å². The van der Waals surface area contributed by atoms with Crippen LogP contribution in [0.4, 0.5) is 5.69 Å². The largest absolute Gasteiger partial charge is 0.496 e. The quantitative estimate of drug-likeness (QED) is 0.675. The van der Waals surface area contributed by atoms with E-state index in [1.54, 1.807) is 7.11 Å². The summed E-state index contributed by atoms with van der Waals surface area (Å²) in [7, 11) is 1.71. The molecular weight excluding hydrogens is 404 g/mol. The first-order valence-corrected chi connectivity index (χ1v) is 10.4. The fourth-order valence-electron chi connectivity index (χ4n) is 3.72. The molecule has 1 saturated heterocycles. The minimum atomic E-state index is -0.101. The number of nitrogens with zero attached hydrogens (tertiary/aromatic N) is 1. The number of rotatable bonds is 6. The van der Waals surface area contributed by atoms with Crippen molar-refractivity contribution in [3.05, 3.63) is 58.1 Å². The fourth-order valence-corrected chi connectivity index (χ4v) is 3.98. The van der Waals surface area contributed by atoms with Crippen LogP contribution >= 0.6 is 15.9 Å². The zero-order valence-electron chi connectivity index (χ0n) is 16.0. The van der Waals surface area contributed by atoms with Crippen LogP contribution in [-0.4, -0.2) is 37.6 Å². The molecule has 1 aliphatic rings. The van der Waals surface area contributed by atoms with Crippen LogP contribution in [0.5, 0.6) is 5.75 Å². The summed E-state index contributed by atoms with van der Waals surface area (Å²) in [5, 5.41) is 3.02. The standard InChI is InChI=1S/C22H27BrN2O2/c1-3-12-25-13-10-16(11-14-25)20-15-19(8-9-21(20)27-2)24-22(26)17-4-6-18(23)7-5-17/h4-9,15-16H,3,10-14H2,1-2H3,(H,24,26). The summed E-state index contributed by atoms with van der Waals surface area (Å²) >= 11 is 3.40. The molecule has 3 rings (SSSR count). The second-order valence-corrected chi connectivity index (χ2v) is 7.95. The molecule has 4 nitrogen and oxygen atoms in total. The first-order chi connectivity index (χ1) is 13.1. The third-order valence-corrected chi connectivity index (χ3v) is 5.69. The number of anilines is 1. The molecule has 0 saturated carbocycles. The Hall–Kier alpha value is -1.85. The van der Waals surface area contributed by atoms with E-state index < -0.39 is 0 Å². The lowest BCUT2D eigenvalue weighted by Gasteiger charge is -2.32. The van der Waals surface area contributed by atoms with Gasteiger partial charge in [-0.25, -0.2) is 0 Å². The molecule has 2 aromatic rings. The number of methoxy groups -OCH3 is 1. The Balaban J connectivity index is 1.73. The highest BCUT2D eigenvalue weighted by Gasteiger charge is 2.23. The Morgan fingerprint density at radius 1 is 1.19 bits per heavy atom. The summed E-state index contributed by atoms with van der Waals surface area (Å²) in [6.07, 6.45) is 3.45. The van der Waals surface area contributed by atoms with E-state index in [0.717, 1.165) is 41.8 Å². The van der Waals surface area contributed by atoms with Gasteiger partial charge in [-0.3, -0.25) is 4.79 Å². The molecule has 0 aliphatic carbocycles. The van der Waals surface area contributed by atoms with Crippen LogP contribution in [0.25, 0.3) is 0 Å². The van der Waals surface area contributed by atoms with Crippen molar-refractivity contribution >= 4 is 27.5 Å². The lowest BCUT2D eigenvalue weighted by molar-refractivity contribution is 0.102. The summed E-state index contributed by atoms with van der Waals surface area (Å²) in [5.74, 6) is 1.28. The van der Waals surface area contributed by atoms with Crippen LogP contribution in [0.2, 0.25) is 0 Å². The third kappa shape index (κ3) is 5.11. The van der Waals surface area contributed by atoms with Crippen LogP contribution < -0.4 is 10.1 Å². The fraction of sp³-hybridized carbons (Fsp3) is 0.409. The molecule has 0 radical (unpaired) electrons. The van der Waals surface area contributed by atoms with Gasteiger partial charge >= 0.3 is 0 Å². The van der Waals surface area contributed by atoms with Gasteiger partial charge in [-0.15, -0.1) is 0 Å². The second kappa shape index (κ2) is 9.38. The monoisotopic (exact) mass is 430 g/mol. The Labute approximate surface area is 170 Å². The maximum atomic E-state index is 12.5. The minimum absolute atomic E-state index is 0.101. The number of likely N-dealkylation sites (tertiary alicyclic amines) is 1. The van der Waals surface area contributed by atoms with Crippen molar-refractivity contribution in [2.24, 2.45) is 0 Å². The number of halogens is 1. The van der Waals surface area contributed by atoms with E-state index in [2.05, 4.69) is 39.1 Å². The first kappa shape index (κ1) is 19.9. The molecular formula is C22H27BrN2O2. The highest BCUT2D eigenvalue weighted by atomic mass is 79.9. The van der Waals surface area contributed by atoms with E-state index >= 15 is 0 Å². The van der Waals surface area contributed by atoms with Crippen LogP contribution in [-0.2, 0) is 0 Å². The first-order valence-electron chi connectivity index (χ1n) is 9.58. The molecule has 0 aromatic heterocycles. The van der Waals surface area contributed by atoms with Gasteiger partial charge in [0.15, 0.2) is 0 Å². The number of nitrogens with one attached hydrogen (secondary N) is 1. The molecule has 1 amide bonds. The van der Waals surface area contributed by atoms with E-state index in [-0.39, 0.29) is 5.91 Å². The number of amides is 1. The van der Waals surface area contributed by atoms with E-state index in [9.17, 15) is 4.79 Å². The topological polar surface area (TPSA) is 41.6 Å². The third-order valence-electron chi connectivity index (χ3n) is 5.16. The molecule has 1 fully saturated rings. The average Bonchev–Trinajstić information content (AvgIpc) is 2.69. The lowest BCUT2D eigenvalue weighted by atomic mass is 9.88. The number of hydrogen-bond donors (Lipinski definition) is 1. The molecule has 2 aromatic carbocycles. The Bertz CT molecular complexity index is 768. The summed E-state index contributed by atoms with van der Waals surface area (Å²) in [5.41, 5.74) is 2.65. The lowest BCUT2D eigenvalue weighted by Crippen LogP contribution is -2.33. The van der Waals surface area contributed by atoms with Crippen LogP contribution in [0, 0.1) is 0 Å². The van der Waals surface area contributed by atoms with E-state index in [1.807, 2.05) is 36.4 Å². The van der Waals surface area contributed by atoms with Crippen molar-refractivity contribution in [1.82, 2.24) is 4.90 Å². The number of ether oxygens (including phenoxy) is 1. The molecule has 0 bridgehead atoms. The average molecular weight is 431 g/mol. The summed E-state index contributed by atoms with van der Waals surface area (Å²) < 4.78 is 6.56. The van der Waals surface area contributed by atoms with E-state index in [1.165, 1.54) is 18.5 Å². The normalized spacial score (nSPS) is 15.5. The van der Waals surface area contributed by atoms with Crippen LogP contribution in [0.3, 0.4) is 0 Å². The molecule has 1 aliphatic heterocycles. The number of benzene rings is 2. The maximum absolute atomic E-state index is 12.5. The van der Waals surface area contributed by atoms with Gasteiger partial charge in [-0.2, -0.15) is 0 Å². The zero-order chi connectivity index (χ0) is 19.2. The van der Waals surface area contributed by atoms with Crippen molar-refractivity contribution in [2.75, 3.05) is 32.1 Å². The van der Waals surface area contributed by atoms with E-state index in [0.29, 0.717) is 11.5 Å². The molecule has 1 heterocycles. The summed E-state index contributed by atoms with van der Waals surface area (Å²) in [6.45, 7) is 5.65. The van der Waals surface area contributed by atoms with Gasteiger partial charge in [0.1, 0.15) is 5.75 Å².